The van der Waals surface area contributed by atoms with Crippen LogP contribution in [0.1, 0.15) is 23.2 Å². The van der Waals surface area contributed by atoms with E-state index in [1.54, 1.807) is 0 Å². The Hall–Kier alpha value is -3.05. The molecule has 3 aromatic carbocycles. The van der Waals surface area contributed by atoms with Crippen LogP contribution in [0.25, 0.3) is 0 Å². The van der Waals surface area contributed by atoms with E-state index in [-0.39, 0.29) is 6.67 Å². The van der Waals surface area contributed by atoms with E-state index >= 15 is 0 Å². The number of benzene rings is 3. The molecule has 0 amide bonds. The Morgan fingerprint density at radius 1 is 0.656 bits per heavy atom. The molecule has 7 heteroatoms. The molecule has 3 aromatic rings. The number of hydrogen-bond donors (Lipinski definition) is 2. The first-order valence-corrected chi connectivity index (χ1v) is 12.1. The Bertz CT molecular complexity index is 984. The SMILES string of the molecule is O=C(O)C(c1ccccc1)N1CN(C(C(=O)O)c2ccccc2)CP(c2ccccc2)C1. The van der Waals surface area contributed by atoms with Crippen LogP contribution in [-0.4, -0.2) is 51.2 Å². The zero-order valence-corrected chi connectivity index (χ0v) is 18.4. The molecule has 0 bridgehead atoms. The average Bonchev–Trinajstić information content (AvgIpc) is 2.81. The van der Waals surface area contributed by atoms with Crippen LogP contribution in [0.2, 0.25) is 0 Å². The second-order valence-corrected chi connectivity index (χ2v) is 9.94. The Balaban J connectivity index is 1.73. The normalized spacial score (nSPS) is 19.2. The predicted molar refractivity (Wildman–Crippen MR) is 125 cm³/mol. The minimum Gasteiger partial charge on any atom is -0.480 e. The molecule has 6 nitrogen and oxygen atoms in total. The third-order valence-electron chi connectivity index (χ3n) is 5.62. The van der Waals surface area contributed by atoms with Gasteiger partial charge in [-0.05, 0) is 24.4 Å². The van der Waals surface area contributed by atoms with Crippen molar-refractivity contribution in [2.75, 3.05) is 19.2 Å². The Labute approximate surface area is 188 Å². The highest BCUT2D eigenvalue weighted by Crippen LogP contribution is 2.44. The van der Waals surface area contributed by atoms with Crippen LogP contribution in [0, 0.1) is 0 Å². The van der Waals surface area contributed by atoms with Gasteiger partial charge in [0.05, 0.1) is 6.67 Å². The molecule has 164 valence electrons. The highest BCUT2D eigenvalue weighted by molar-refractivity contribution is 7.65. The van der Waals surface area contributed by atoms with Crippen molar-refractivity contribution in [3.05, 3.63) is 102 Å². The van der Waals surface area contributed by atoms with Gasteiger partial charge in [-0.1, -0.05) is 91.0 Å². The molecular weight excluding hydrogens is 423 g/mol. The standard InChI is InChI=1S/C25H25N2O4P/c28-24(29)22(19-10-4-1-5-11-19)26-16-27(18-32(17-26)21-14-8-3-9-15-21)23(25(30)31)20-12-6-2-7-13-20/h1-15,22-23H,16-18H2,(H,28,29)(H,30,31). The summed E-state index contributed by atoms with van der Waals surface area (Å²) in [5, 5.41) is 21.4. The fraction of sp³-hybridized carbons (Fsp3) is 0.200. The number of rotatable bonds is 7. The number of hydrogen-bond acceptors (Lipinski definition) is 4. The summed E-state index contributed by atoms with van der Waals surface area (Å²) in [6.07, 6.45) is 1.17. The molecule has 0 saturated carbocycles. The van der Waals surface area contributed by atoms with E-state index in [9.17, 15) is 19.8 Å². The summed E-state index contributed by atoms with van der Waals surface area (Å²) in [6, 6.07) is 26.6. The van der Waals surface area contributed by atoms with Crippen LogP contribution in [0.15, 0.2) is 91.0 Å². The minimum absolute atomic E-state index is 0.253. The Kier molecular flexibility index (Phi) is 6.96. The molecule has 0 spiro atoms. The van der Waals surface area contributed by atoms with Gasteiger partial charge >= 0.3 is 11.9 Å². The number of carboxylic acids is 2. The predicted octanol–water partition coefficient (Wildman–Crippen LogP) is 3.94. The Morgan fingerprint density at radius 2 is 1.03 bits per heavy atom. The number of carbonyl (C=O) groups is 2. The van der Waals surface area contributed by atoms with Crippen LogP contribution in [0.3, 0.4) is 0 Å². The second kappa shape index (κ2) is 10.0. The molecule has 0 aromatic heterocycles. The number of carboxylic acid groups (broad SMARTS) is 2. The van der Waals surface area contributed by atoms with Crippen LogP contribution in [-0.2, 0) is 9.59 Å². The lowest BCUT2D eigenvalue weighted by Crippen LogP contribution is -2.50. The zero-order valence-electron chi connectivity index (χ0n) is 17.5. The van der Waals surface area contributed by atoms with Crippen LogP contribution < -0.4 is 5.30 Å². The van der Waals surface area contributed by atoms with Crippen molar-refractivity contribution in [1.29, 1.82) is 0 Å². The molecule has 2 N–H and O–H groups in total. The van der Waals surface area contributed by atoms with E-state index in [1.807, 2.05) is 101 Å². The number of nitrogens with zero attached hydrogens (tertiary/aromatic N) is 2. The summed E-state index contributed by atoms with van der Waals surface area (Å²) in [4.78, 5) is 28.5. The van der Waals surface area contributed by atoms with Crippen LogP contribution >= 0.6 is 7.92 Å². The molecule has 1 heterocycles. The molecular formula is C25H25N2O4P. The number of aliphatic carboxylic acids is 2. The maximum Gasteiger partial charge on any atom is 0.325 e. The summed E-state index contributed by atoms with van der Waals surface area (Å²) >= 11 is 0. The van der Waals surface area contributed by atoms with E-state index in [0.29, 0.717) is 23.7 Å². The van der Waals surface area contributed by atoms with Crippen LogP contribution in [0.5, 0.6) is 0 Å². The largest absolute Gasteiger partial charge is 0.480 e. The van der Waals surface area contributed by atoms with Crippen molar-refractivity contribution in [1.82, 2.24) is 9.80 Å². The van der Waals surface area contributed by atoms with Crippen molar-refractivity contribution in [2.24, 2.45) is 0 Å². The highest BCUT2D eigenvalue weighted by atomic mass is 31.1. The summed E-state index contributed by atoms with van der Waals surface area (Å²) in [7, 11) is -0.815. The van der Waals surface area contributed by atoms with Gasteiger partial charge in [0.15, 0.2) is 0 Å². The maximum atomic E-state index is 12.4. The van der Waals surface area contributed by atoms with Gasteiger partial charge in [-0.2, -0.15) is 0 Å². The molecule has 0 radical (unpaired) electrons. The minimum atomic E-state index is -0.937. The van der Waals surface area contributed by atoms with Crippen LogP contribution in [0.4, 0.5) is 0 Å². The molecule has 4 rings (SSSR count). The average molecular weight is 448 g/mol. The topological polar surface area (TPSA) is 81.1 Å². The van der Waals surface area contributed by atoms with Gasteiger partial charge in [-0.3, -0.25) is 19.4 Å². The lowest BCUT2D eigenvalue weighted by molar-refractivity contribution is -0.147. The van der Waals surface area contributed by atoms with E-state index in [1.165, 1.54) is 0 Å². The van der Waals surface area contributed by atoms with E-state index in [4.69, 9.17) is 0 Å². The first-order valence-electron chi connectivity index (χ1n) is 10.4. The van der Waals surface area contributed by atoms with Gasteiger partial charge < -0.3 is 10.2 Å². The first-order chi connectivity index (χ1) is 15.5. The summed E-state index contributed by atoms with van der Waals surface area (Å²) in [6.45, 7) is 0.253. The fourth-order valence-electron chi connectivity index (χ4n) is 4.22. The van der Waals surface area contributed by atoms with E-state index in [2.05, 4.69) is 0 Å². The van der Waals surface area contributed by atoms with Gasteiger partial charge in [0.2, 0.25) is 0 Å². The molecule has 1 aliphatic rings. The second-order valence-electron chi connectivity index (χ2n) is 7.78. The third kappa shape index (κ3) is 4.89. The van der Waals surface area contributed by atoms with Crippen molar-refractivity contribution in [3.63, 3.8) is 0 Å². The zero-order chi connectivity index (χ0) is 22.5. The molecule has 2 atom stereocenters. The maximum absolute atomic E-state index is 12.4. The lowest BCUT2D eigenvalue weighted by Gasteiger charge is -2.45. The molecule has 1 fully saturated rings. The fourth-order valence-corrected chi connectivity index (χ4v) is 6.62. The van der Waals surface area contributed by atoms with Crippen molar-refractivity contribution in [2.45, 2.75) is 12.1 Å². The van der Waals surface area contributed by atoms with Crippen molar-refractivity contribution < 1.29 is 19.8 Å². The summed E-state index contributed by atoms with van der Waals surface area (Å²) in [5.41, 5.74) is 1.38. The third-order valence-corrected chi connectivity index (χ3v) is 8.06. The van der Waals surface area contributed by atoms with Gasteiger partial charge in [0.25, 0.3) is 0 Å². The van der Waals surface area contributed by atoms with Crippen molar-refractivity contribution >= 4 is 25.2 Å². The molecule has 0 aliphatic carbocycles. The molecule has 1 saturated heterocycles. The monoisotopic (exact) mass is 448 g/mol. The molecule has 1 aliphatic heterocycles. The van der Waals surface area contributed by atoms with Gasteiger partial charge in [-0.25, -0.2) is 0 Å². The lowest BCUT2D eigenvalue weighted by atomic mass is 10.0. The first kappa shape index (κ1) is 22.2. The molecule has 2 unspecified atom stereocenters. The highest BCUT2D eigenvalue weighted by Gasteiger charge is 2.39. The van der Waals surface area contributed by atoms with E-state index in [0.717, 1.165) is 5.30 Å². The van der Waals surface area contributed by atoms with Crippen molar-refractivity contribution in [3.8, 4) is 0 Å². The Morgan fingerprint density at radius 3 is 1.41 bits per heavy atom. The molecule has 32 heavy (non-hydrogen) atoms. The quantitative estimate of drug-likeness (QED) is 0.533. The van der Waals surface area contributed by atoms with Gasteiger partial charge in [0.1, 0.15) is 12.1 Å². The smallest absolute Gasteiger partial charge is 0.325 e. The van der Waals surface area contributed by atoms with Gasteiger partial charge in [0, 0.05) is 12.6 Å². The van der Waals surface area contributed by atoms with Gasteiger partial charge in [-0.15, -0.1) is 0 Å². The van der Waals surface area contributed by atoms with E-state index < -0.39 is 31.9 Å². The summed E-state index contributed by atoms with van der Waals surface area (Å²) < 4.78 is 0. The summed E-state index contributed by atoms with van der Waals surface area (Å²) in [5.74, 6) is -1.87.